The van der Waals surface area contributed by atoms with Gasteiger partial charge in [0.2, 0.25) is 5.91 Å². The van der Waals surface area contributed by atoms with Crippen molar-refractivity contribution in [1.29, 1.82) is 0 Å². The third-order valence-corrected chi connectivity index (χ3v) is 3.08. The van der Waals surface area contributed by atoms with Crippen LogP contribution in [-0.2, 0) is 4.79 Å². The lowest BCUT2D eigenvalue weighted by Gasteiger charge is -2.17. The predicted octanol–water partition coefficient (Wildman–Crippen LogP) is 3.94. The van der Waals surface area contributed by atoms with E-state index < -0.39 is 0 Å². The number of benzene rings is 1. The lowest BCUT2D eigenvalue weighted by molar-refractivity contribution is -0.122. The quantitative estimate of drug-likeness (QED) is 0.810. The second kappa shape index (κ2) is 7.20. The van der Waals surface area contributed by atoms with Crippen molar-refractivity contribution in [3.05, 3.63) is 35.9 Å². The van der Waals surface area contributed by atoms with Crippen LogP contribution in [0.3, 0.4) is 0 Å². The normalized spacial score (nSPS) is 14.3. The van der Waals surface area contributed by atoms with Crippen molar-refractivity contribution in [3.8, 4) is 0 Å². The molecule has 1 rings (SSSR count). The highest BCUT2D eigenvalue weighted by atomic mass is 16.1. The summed E-state index contributed by atoms with van der Waals surface area (Å²) in [6.45, 7) is 8.56. The van der Waals surface area contributed by atoms with E-state index in [4.69, 9.17) is 0 Å². The SMILES string of the molecule is CC(C)C[C@H](C)CC(=O)N[C@@H](C)c1ccccc1. The minimum atomic E-state index is 0.0879. The van der Waals surface area contributed by atoms with Crippen LogP contribution in [0.5, 0.6) is 0 Å². The van der Waals surface area contributed by atoms with Crippen LogP contribution in [0, 0.1) is 11.8 Å². The highest BCUT2D eigenvalue weighted by molar-refractivity contribution is 5.76. The van der Waals surface area contributed by atoms with E-state index in [9.17, 15) is 4.79 Å². The minimum Gasteiger partial charge on any atom is -0.350 e. The van der Waals surface area contributed by atoms with Gasteiger partial charge in [-0.3, -0.25) is 4.79 Å². The van der Waals surface area contributed by atoms with E-state index in [1.54, 1.807) is 0 Å². The summed E-state index contributed by atoms with van der Waals surface area (Å²) in [5, 5.41) is 3.06. The lowest BCUT2D eigenvalue weighted by atomic mass is 9.95. The number of carbonyl (C=O) groups excluding carboxylic acids is 1. The van der Waals surface area contributed by atoms with Gasteiger partial charge in [0.25, 0.3) is 0 Å². The molecule has 2 nitrogen and oxygen atoms in total. The summed E-state index contributed by atoms with van der Waals surface area (Å²) < 4.78 is 0. The van der Waals surface area contributed by atoms with Gasteiger partial charge in [-0.15, -0.1) is 0 Å². The molecule has 1 amide bonds. The van der Waals surface area contributed by atoms with Gasteiger partial charge in [0.05, 0.1) is 6.04 Å². The minimum absolute atomic E-state index is 0.0879. The van der Waals surface area contributed by atoms with E-state index in [-0.39, 0.29) is 11.9 Å². The van der Waals surface area contributed by atoms with E-state index in [0.29, 0.717) is 18.3 Å². The van der Waals surface area contributed by atoms with Gasteiger partial charge in [-0.25, -0.2) is 0 Å². The Hall–Kier alpha value is -1.31. The molecular formula is C16H25NO. The van der Waals surface area contributed by atoms with Gasteiger partial charge >= 0.3 is 0 Å². The van der Waals surface area contributed by atoms with Gasteiger partial charge in [-0.05, 0) is 30.7 Å². The van der Waals surface area contributed by atoms with E-state index in [0.717, 1.165) is 12.0 Å². The van der Waals surface area contributed by atoms with Crippen LogP contribution in [0.2, 0.25) is 0 Å². The molecule has 1 N–H and O–H groups in total. The number of carbonyl (C=O) groups is 1. The zero-order chi connectivity index (χ0) is 13.5. The molecule has 0 saturated carbocycles. The average Bonchev–Trinajstić information content (AvgIpc) is 2.28. The van der Waals surface area contributed by atoms with E-state index >= 15 is 0 Å². The zero-order valence-electron chi connectivity index (χ0n) is 11.9. The van der Waals surface area contributed by atoms with Crippen molar-refractivity contribution in [2.45, 2.75) is 46.6 Å². The molecule has 0 heterocycles. The third-order valence-electron chi connectivity index (χ3n) is 3.08. The standard InChI is InChI=1S/C16H25NO/c1-12(2)10-13(3)11-16(18)17-14(4)15-8-6-5-7-9-15/h5-9,12-14H,10-11H2,1-4H3,(H,17,18)/t13-,14-/m0/s1. The number of hydrogen-bond donors (Lipinski definition) is 1. The van der Waals surface area contributed by atoms with Crippen LogP contribution in [-0.4, -0.2) is 5.91 Å². The molecular weight excluding hydrogens is 222 g/mol. The van der Waals surface area contributed by atoms with Crippen molar-refractivity contribution in [3.63, 3.8) is 0 Å². The molecule has 0 aliphatic carbocycles. The fourth-order valence-corrected chi connectivity index (χ4v) is 2.33. The molecule has 0 aliphatic rings. The molecule has 2 atom stereocenters. The van der Waals surface area contributed by atoms with Gasteiger partial charge in [0, 0.05) is 6.42 Å². The van der Waals surface area contributed by atoms with Crippen molar-refractivity contribution in [2.75, 3.05) is 0 Å². The summed E-state index contributed by atoms with van der Waals surface area (Å²) in [6.07, 6.45) is 1.72. The van der Waals surface area contributed by atoms with Crippen LogP contribution in [0.4, 0.5) is 0 Å². The second-order valence-electron chi connectivity index (χ2n) is 5.64. The molecule has 0 spiro atoms. The maximum atomic E-state index is 11.9. The number of rotatable bonds is 6. The number of amides is 1. The van der Waals surface area contributed by atoms with Gasteiger partial charge < -0.3 is 5.32 Å². The van der Waals surface area contributed by atoms with Gasteiger partial charge in [-0.2, -0.15) is 0 Å². The predicted molar refractivity (Wildman–Crippen MR) is 76.2 cm³/mol. The fourth-order valence-electron chi connectivity index (χ4n) is 2.33. The van der Waals surface area contributed by atoms with Crippen LogP contribution >= 0.6 is 0 Å². The number of nitrogens with one attached hydrogen (secondary N) is 1. The van der Waals surface area contributed by atoms with Crippen molar-refractivity contribution in [1.82, 2.24) is 5.32 Å². The van der Waals surface area contributed by atoms with E-state index in [2.05, 4.69) is 26.1 Å². The molecule has 0 aliphatic heterocycles. The summed E-state index contributed by atoms with van der Waals surface area (Å²) in [6, 6.07) is 10.2. The monoisotopic (exact) mass is 247 g/mol. The van der Waals surface area contributed by atoms with Crippen LogP contribution in [0.1, 0.15) is 52.1 Å². The first-order chi connectivity index (χ1) is 8.49. The lowest BCUT2D eigenvalue weighted by Crippen LogP contribution is -2.28. The smallest absolute Gasteiger partial charge is 0.220 e. The van der Waals surface area contributed by atoms with E-state index in [1.807, 2.05) is 37.3 Å². The maximum Gasteiger partial charge on any atom is 0.220 e. The highest BCUT2D eigenvalue weighted by Gasteiger charge is 2.13. The van der Waals surface area contributed by atoms with Crippen molar-refractivity contribution >= 4 is 5.91 Å². The molecule has 100 valence electrons. The fraction of sp³-hybridized carbons (Fsp3) is 0.562. The molecule has 0 bridgehead atoms. The Bertz CT molecular complexity index is 359. The molecule has 0 saturated heterocycles. The van der Waals surface area contributed by atoms with Crippen LogP contribution < -0.4 is 5.32 Å². The Morgan fingerprint density at radius 3 is 2.28 bits per heavy atom. The van der Waals surface area contributed by atoms with Crippen molar-refractivity contribution in [2.24, 2.45) is 11.8 Å². The van der Waals surface area contributed by atoms with Gasteiger partial charge in [-0.1, -0.05) is 51.1 Å². The van der Waals surface area contributed by atoms with Crippen molar-refractivity contribution < 1.29 is 4.79 Å². The largest absolute Gasteiger partial charge is 0.350 e. The third kappa shape index (κ3) is 5.35. The zero-order valence-corrected chi connectivity index (χ0v) is 11.9. The molecule has 2 heteroatoms. The van der Waals surface area contributed by atoms with Crippen LogP contribution in [0.15, 0.2) is 30.3 Å². The first-order valence-corrected chi connectivity index (χ1v) is 6.83. The molecule has 0 radical (unpaired) electrons. The molecule has 0 fully saturated rings. The Morgan fingerprint density at radius 2 is 1.72 bits per heavy atom. The number of hydrogen-bond acceptors (Lipinski definition) is 1. The summed E-state index contributed by atoms with van der Waals surface area (Å²) in [4.78, 5) is 11.9. The Labute approximate surface area is 111 Å². The Balaban J connectivity index is 2.41. The van der Waals surface area contributed by atoms with E-state index in [1.165, 1.54) is 0 Å². The molecule has 0 unspecified atom stereocenters. The Morgan fingerprint density at radius 1 is 1.11 bits per heavy atom. The molecule has 18 heavy (non-hydrogen) atoms. The summed E-state index contributed by atoms with van der Waals surface area (Å²) in [5.41, 5.74) is 1.15. The highest BCUT2D eigenvalue weighted by Crippen LogP contribution is 2.16. The summed E-state index contributed by atoms with van der Waals surface area (Å²) in [5.74, 6) is 1.26. The topological polar surface area (TPSA) is 29.1 Å². The van der Waals surface area contributed by atoms with Gasteiger partial charge in [0.15, 0.2) is 0 Å². The second-order valence-corrected chi connectivity index (χ2v) is 5.64. The molecule has 0 aromatic heterocycles. The summed E-state index contributed by atoms with van der Waals surface area (Å²) in [7, 11) is 0. The Kier molecular flexibility index (Phi) is 5.90. The molecule has 1 aromatic carbocycles. The summed E-state index contributed by atoms with van der Waals surface area (Å²) >= 11 is 0. The first-order valence-electron chi connectivity index (χ1n) is 6.83. The van der Waals surface area contributed by atoms with Gasteiger partial charge in [0.1, 0.15) is 0 Å². The maximum absolute atomic E-state index is 11.9. The average molecular weight is 247 g/mol. The van der Waals surface area contributed by atoms with Crippen LogP contribution in [0.25, 0.3) is 0 Å². The molecule has 1 aromatic rings. The first kappa shape index (κ1) is 14.7.